The highest BCUT2D eigenvalue weighted by Gasteiger charge is 2.28. The van der Waals surface area contributed by atoms with Crippen molar-refractivity contribution in [3.8, 4) is 0 Å². The molecule has 0 saturated carbocycles. The summed E-state index contributed by atoms with van der Waals surface area (Å²) in [5, 5.41) is 0.750. The second-order valence-corrected chi connectivity index (χ2v) is 6.05. The van der Waals surface area contributed by atoms with Crippen LogP contribution in [0.25, 0.3) is 0 Å². The van der Waals surface area contributed by atoms with E-state index >= 15 is 0 Å². The van der Waals surface area contributed by atoms with E-state index in [1.54, 1.807) is 4.90 Å². The standard InChI is InChI=1S/C14H18ClNO2/c1-9-11-8-16(13(17)18-14(2,3)4)7-10(11)5-6-12(9)15/h5-6H,7-8H2,1-4H3. The Bertz CT molecular complexity index is 491. The molecule has 98 valence electrons. The zero-order valence-corrected chi connectivity index (χ0v) is 12.0. The van der Waals surface area contributed by atoms with Crippen LogP contribution in [0.4, 0.5) is 4.79 Å². The van der Waals surface area contributed by atoms with E-state index in [0.717, 1.165) is 21.7 Å². The molecule has 0 atom stereocenters. The second-order valence-electron chi connectivity index (χ2n) is 5.65. The van der Waals surface area contributed by atoms with Gasteiger partial charge in [-0.15, -0.1) is 0 Å². The van der Waals surface area contributed by atoms with E-state index in [-0.39, 0.29) is 6.09 Å². The van der Waals surface area contributed by atoms with Gasteiger partial charge in [0.2, 0.25) is 0 Å². The van der Waals surface area contributed by atoms with Crippen molar-refractivity contribution in [3.05, 3.63) is 33.8 Å². The molecule has 4 heteroatoms. The van der Waals surface area contributed by atoms with Crippen molar-refractivity contribution in [2.24, 2.45) is 0 Å². The first kappa shape index (κ1) is 13.2. The van der Waals surface area contributed by atoms with Crippen molar-refractivity contribution in [3.63, 3.8) is 0 Å². The molecule has 0 spiro atoms. The number of hydrogen-bond donors (Lipinski definition) is 0. The van der Waals surface area contributed by atoms with E-state index < -0.39 is 5.60 Å². The number of halogens is 1. The minimum absolute atomic E-state index is 0.269. The molecule has 1 heterocycles. The molecule has 0 aliphatic carbocycles. The molecule has 3 nitrogen and oxygen atoms in total. The molecule has 2 rings (SSSR count). The summed E-state index contributed by atoms with van der Waals surface area (Å²) in [6.45, 7) is 8.78. The number of ether oxygens (including phenoxy) is 1. The van der Waals surface area contributed by atoms with Crippen LogP contribution in [-0.2, 0) is 17.8 Å². The number of carbonyl (C=O) groups is 1. The lowest BCUT2D eigenvalue weighted by Crippen LogP contribution is -2.33. The molecule has 0 radical (unpaired) electrons. The summed E-state index contributed by atoms with van der Waals surface area (Å²) in [6, 6.07) is 3.86. The van der Waals surface area contributed by atoms with Crippen molar-refractivity contribution in [2.45, 2.75) is 46.4 Å². The van der Waals surface area contributed by atoms with Crippen LogP contribution in [0.15, 0.2) is 12.1 Å². The highest BCUT2D eigenvalue weighted by atomic mass is 35.5. The summed E-state index contributed by atoms with van der Waals surface area (Å²) >= 11 is 6.09. The maximum Gasteiger partial charge on any atom is 0.410 e. The molecule has 0 bridgehead atoms. The summed E-state index contributed by atoms with van der Waals surface area (Å²) in [5.41, 5.74) is 2.90. The van der Waals surface area contributed by atoms with Crippen molar-refractivity contribution in [2.75, 3.05) is 0 Å². The van der Waals surface area contributed by atoms with E-state index in [2.05, 4.69) is 0 Å². The fourth-order valence-corrected chi connectivity index (χ4v) is 2.24. The van der Waals surface area contributed by atoms with Crippen molar-refractivity contribution in [1.29, 1.82) is 0 Å². The van der Waals surface area contributed by atoms with Gasteiger partial charge < -0.3 is 4.74 Å². The first-order chi connectivity index (χ1) is 8.28. The number of nitrogens with zero attached hydrogens (tertiary/aromatic N) is 1. The van der Waals surface area contributed by atoms with E-state index in [1.165, 1.54) is 0 Å². The summed E-state index contributed by atoms with van der Waals surface area (Å²) in [5.74, 6) is 0. The highest BCUT2D eigenvalue weighted by Crippen LogP contribution is 2.30. The van der Waals surface area contributed by atoms with Gasteiger partial charge in [0.1, 0.15) is 5.60 Å². The predicted octanol–water partition coefficient (Wildman–Crippen LogP) is 3.90. The Balaban J connectivity index is 2.15. The van der Waals surface area contributed by atoms with Crippen LogP contribution in [0.2, 0.25) is 5.02 Å². The van der Waals surface area contributed by atoms with Crippen LogP contribution in [0.5, 0.6) is 0 Å². The lowest BCUT2D eigenvalue weighted by Gasteiger charge is -2.24. The van der Waals surface area contributed by atoms with Gasteiger partial charge in [-0.05, 0) is 50.5 Å². The lowest BCUT2D eigenvalue weighted by atomic mass is 10.1. The Morgan fingerprint density at radius 1 is 1.33 bits per heavy atom. The summed E-state index contributed by atoms with van der Waals surface area (Å²) < 4.78 is 5.38. The molecule has 1 aliphatic rings. The van der Waals surface area contributed by atoms with Gasteiger partial charge in [-0.3, -0.25) is 4.90 Å². The molecule has 1 aromatic rings. The van der Waals surface area contributed by atoms with E-state index in [9.17, 15) is 4.79 Å². The largest absolute Gasteiger partial charge is 0.444 e. The van der Waals surface area contributed by atoms with Crippen molar-refractivity contribution >= 4 is 17.7 Å². The van der Waals surface area contributed by atoms with Gasteiger partial charge in [-0.25, -0.2) is 4.79 Å². The average Bonchev–Trinajstić information content (AvgIpc) is 2.66. The highest BCUT2D eigenvalue weighted by molar-refractivity contribution is 6.31. The molecule has 1 aliphatic heterocycles. The topological polar surface area (TPSA) is 29.5 Å². The third kappa shape index (κ3) is 2.61. The van der Waals surface area contributed by atoms with E-state index in [0.29, 0.717) is 13.1 Å². The van der Waals surface area contributed by atoms with Gasteiger partial charge in [0.25, 0.3) is 0 Å². The SMILES string of the molecule is Cc1c(Cl)ccc2c1CN(C(=O)OC(C)(C)C)C2. The van der Waals surface area contributed by atoms with Crippen molar-refractivity contribution < 1.29 is 9.53 Å². The zero-order valence-electron chi connectivity index (χ0n) is 11.2. The lowest BCUT2D eigenvalue weighted by molar-refractivity contribution is 0.0242. The molecule has 0 saturated heterocycles. The monoisotopic (exact) mass is 267 g/mol. The molecule has 0 fully saturated rings. The summed E-state index contributed by atoms with van der Waals surface area (Å²) in [6.07, 6.45) is -0.269. The second kappa shape index (κ2) is 4.47. The van der Waals surface area contributed by atoms with Gasteiger partial charge in [-0.1, -0.05) is 17.7 Å². The van der Waals surface area contributed by atoms with Gasteiger partial charge in [-0.2, -0.15) is 0 Å². The van der Waals surface area contributed by atoms with Gasteiger partial charge in [0.05, 0.1) is 6.54 Å². The Morgan fingerprint density at radius 3 is 2.61 bits per heavy atom. The summed E-state index contributed by atoms with van der Waals surface area (Å²) in [7, 11) is 0. The normalized spacial score (nSPS) is 14.6. The third-order valence-corrected chi connectivity index (χ3v) is 3.40. The number of rotatable bonds is 0. The molecular formula is C14H18ClNO2. The molecule has 0 unspecified atom stereocenters. The number of fused-ring (bicyclic) bond motifs is 1. The van der Waals surface area contributed by atoms with Crippen LogP contribution in [0.1, 0.15) is 37.5 Å². The predicted molar refractivity (Wildman–Crippen MR) is 71.7 cm³/mol. The first-order valence-corrected chi connectivity index (χ1v) is 6.40. The zero-order chi connectivity index (χ0) is 13.5. The maximum atomic E-state index is 12.0. The molecule has 1 amide bonds. The number of benzene rings is 1. The van der Waals surface area contributed by atoms with E-state index in [4.69, 9.17) is 16.3 Å². The molecule has 0 aromatic heterocycles. The van der Waals surface area contributed by atoms with Crippen molar-refractivity contribution in [1.82, 2.24) is 4.90 Å². The number of hydrogen-bond acceptors (Lipinski definition) is 2. The average molecular weight is 268 g/mol. The smallest absolute Gasteiger partial charge is 0.410 e. The molecular weight excluding hydrogens is 250 g/mol. The van der Waals surface area contributed by atoms with Gasteiger partial charge >= 0.3 is 6.09 Å². The first-order valence-electron chi connectivity index (χ1n) is 6.03. The third-order valence-electron chi connectivity index (χ3n) is 2.99. The van der Waals surface area contributed by atoms with Crippen LogP contribution in [0.3, 0.4) is 0 Å². The maximum absolute atomic E-state index is 12.0. The van der Waals surface area contributed by atoms with Crippen LogP contribution in [0, 0.1) is 6.92 Å². The molecule has 18 heavy (non-hydrogen) atoms. The molecule has 1 aromatic carbocycles. The minimum Gasteiger partial charge on any atom is -0.444 e. The Labute approximate surface area is 113 Å². The van der Waals surface area contributed by atoms with Crippen LogP contribution in [-0.4, -0.2) is 16.6 Å². The fourth-order valence-electron chi connectivity index (χ4n) is 2.06. The van der Waals surface area contributed by atoms with Gasteiger partial charge in [0.15, 0.2) is 0 Å². The van der Waals surface area contributed by atoms with Gasteiger partial charge in [0, 0.05) is 11.6 Å². The quantitative estimate of drug-likeness (QED) is 0.713. The number of carbonyl (C=O) groups excluding carboxylic acids is 1. The summed E-state index contributed by atoms with van der Waals surface area (Å²) in [4.78, 5) is 13.7. The number of amides is 1. The minimum atomic E-state index is -0.460. The Hall–Kier alpha value is -1.22. The fraction of sp³-hybridized carbons (Fsp3) is 0.500. The van der Waals surface area contributed by atoms with E-state index in [1.807, 2.05) is 39.8 Å². The van der Waals surface area contributed by atoms with Crippen LogP contribution >= 0.6 is 11.6 Å². The van der Waals surface area contributed by atoms with Crippen LogP contribution < -0.4 is 0 Å². The molecule has 0 N–H and O–H groups in total. The Morgan fingerprint density at radius 2 is 2.00 bits per heavy atom. The Kier molecular flexibility index (Phi) is 3.28.